The van der Waals surface area contributed by atoms with Crippen LogP contribution in [0, 0.1) is 0 Å². The molecular weight excluding hydrogens is 228 g/mol. The van der Waals surface area contributed by atoms with Crippen LogP contribution in [0.4, 0.5) is 0 Å². The Kier molecular flexibility index (Phi) is 4.71. The number of rotatable bonds is 4. The lowest BCUT2D eigenvalue weighted by atomic mass is 9.90. The third kappa shape index (κ3) is 3.21. The van der Waals surface area contributed by atoms with Crippen molar-refractivity contribution in [3.63, 3.8) is 0 Å². The van der Waals surface area contributed by atoms with Gasteiger partial charge in [-0.2, -0.15) is 0 Å². The molecule has 4 nitrogen and oxygen atoms in total. The summed E-state index contributed by atoms with van der Waals surface area (Å²) in [6, 6.07) is 3.59. The third-order valence-electron chi connectivity index (χ3n) is 2.98. The third-order valence-corrected chi connectivity index (χ3v) is 2.98. The van der Waals surface area contributed by atoms with Crippen molar-refractivity contribution in [1.82, 2.24) is 4.57 Å². The van der Waals surface area contributed by atoms with Crippen molar-refractivity contribution >= 4 is 0 Å². The largest absolute Gasteiger partial charge is 0.383 e. The molecule has 4 heteroatoms. The Morgan fingerprint density at radius 2 is 2.00 bits per heavy atom. The number of hydrogen-bond acceptors (Lipinski definition) is 3. The molecule has 0 amide bonds. The molecule has 0 aliphatic rings. The number of nitrogens with two attached hydrogens (primary N) is 1. The van der Waals surface area contributed by atoms with Crippen LogP contribution >= 0.6 is 0 Å². The molecule has 2 N–H and O–H groups in total. The Morgan fingerprint density at radius 1 is 1.39 bits per heavy atom. The average Bonchev–Trinajstić information content (AvgIpc) is 2.25. The highest BCUT2D eigenvalue weighted by atomic mass is 16.5. The second-order valence-corrected chi connectivity index (χ2v) is 5.66. The zero-order valence-corrected chi connectivity index (χ0v) is 12.0. The van der Waals surface area contributed by atoms with Crippen LogP contribution in [0.5, 0.6) is 0 Å². The summed E-state index contributed by atoms with van der Waals surface area (Å²) >= 11 is 0. The second kappa shape index (κ2) is 5.67. The van der Waals surface area contributed by atoms with Gasteiger partial charge in [0.05, 0.1) is 6.61 Å². The summed E-state index contributed by atoms with van der Waals surface area (Å²) in [5.74, 6) is 0. The van der Waals surface area contributed by atoms with Crippen molar-refractivity contribution < 1.29 is 4.74 Å². The molecule has 1 rings (SSSR count). The standard InChI is InChI=1S/C14H24N2O2/c1-10(15)11-6-7-12(14(2,3)4)16(13(11)17)8-9-18-5/h6-7,10H,8-9,15H2,1-5H3. The van der Waals surface area contributed by atoms with Crippen LogP contribution in [0.2, 0.25) is 0 Å². The van der Waals surface area contributed by atoms with Crippen molar-refractivity contribution in [1.29, 1.82) is 0 Å². The molecular formula is C14H24N2O2. The number of aromatic nitrogens is 1. The lowest BCUT2D eigenvalue weighted by Gasteiger charge is -2.25. The summed E-state index contributed by atoms with van der Waals surface area (Å²) in [4.78, 5) is 12.4. The predicted molar refractivity (Wildman–Crippen MR) is 73.9 cm³/mol. The van der Waals surface area contributed by atoms with Gasteiger partial charge in [0.25, 0.3) is 5.56 Å². The van der Waals surface area contributed by atoms with Crippen molar-refractivity contribution in [3.05, 3.63) is 33.7 Å². The van der Waals surface area contributed by atoms with E-state index >= 15 is 0 Å². The molecule has 102 valence electrons. The van der Waals surface area contributed by atoms with Gasteiger partial charge in [-0.3, -0.25) is 4.79 Å². The van der Waals surface area contributed by atoms with Crippen LogP contribution < -0.4 is 11.3 Å². The van der Waals surface area contributed by atoms with Gasteiger partial charge in [0.1, 0.15) is 0 Å². The van der Waals surface area contributed by atoms with E-state index in [0.717, 1.165) is 5.69 Å². The maximum atomic E-state index is 12.4. The fourth-order valence-corrected chi connectivity index (χ4v) is 2.00. The van der Waals surface area contributed by atoms with Crippen molar-refractivity contribution in [2.24, 2.45) is 5.73 Å². The van der Waals surface area contributed by atoms with Gasteiger partial charge in [-0.25, -0.2) is 0 Å². The Labute approximate surface area is 109 Å². The Bertz CT molecular complexity index is 456. The van der Waals surface area contributed by atoms with Crippen LogP contribution in [-0.4, -0.2) is 18.3 Å². The van der Waals surface area contributed by atoms with Crippen molar-refractivity contribution in [3.8, 4) is 0 Å². The fraction of sp³-hybridized carbons (Fsp3) is 0.643. The Hall–Kier alpha value is -1.13. The molecule has 18 heavy (non-hydrogen) atoms. The first-order chi connectivity index (χ1) is 8.29. The molecule has 1 aromatic heterocycles. The van der Waals surface area contributed by atoms with E-state index < -0.39 is 0 Å². The van der Waals surface area contributed by atoms with Crippen LogP contribution in [0.25, 0.3) is 0 Å². The highest BCUT2D eigenvalue weighted by Gasteiger charge is 2.20. The molecule has 0 spiro atoms. The quantitative estimate of drug-likeness (QED) is 0.889. The monoisotopic (exact) mass is 252 g/mol. The van der Waals surface area contributed by atoms with Crippen LogP contribution in [0.1, 0.15) is 45.0 Å². The summed E-state index contributed by atoms with van der Waals surface area (Å²) in [5.41, 5.74) is 7.40. The minimum absolute atomic E-state index is 0.00512. The van der Waals surface area contributed by atoms with Gasteiger partial charge in [0.15, 0.2) is 0 Å². The molecule has 0 bridgehead atoms. The molecule has 0 aliphatic heterocycles. The topological polar surface area (TPSA) is 57.2 Å². The van der Waals surface area contributed by atoms with E-state index in [4.69, 9.17) is 10.5 Å². The minimum atomic E-state index is -0.250. The molecule has 0 saturated heterocycles. The summed E-state index contributed by atoms with van der Waals surface area (Å²) in [6.45, 7) is 9.19. The summed E-state index contributed by atoms with van der Waals surface area (Å²) in [7, 11) is 1.64. The van der Waals surface area contributed by atoms with E-state index in [9.17, 15) is 4.79 Å². The maximum Gasteiger partial charge on any atom is 0.255 e. The average molecular weight is 252 g/mol. The lowest BCUT2D eigenvalue weighted by Crippen LogP contribution is -2.34. The minimum Gasteiger partial charge on any atom is -0.383 e. The zero-order valence-electron chi connectivity index (χ0n) is 12.0. The Balaban J connectivity index is 3.37. The highest BCUT2D eigenvalue weighted by Crippen LogP contribution is 2.21. The summed E-state index contributed by atoms with van der Waals surface area (Å²) < 4.78 is 6.86. The smallest absolute Gasteiger partial charge is 0.255 e. The van der Waals surface area contributed by atoms with Crippen molar-refractivity contribution in [2.45, 2.75) is 45.7 Å². The first-order valence-corrected chi connectivity index (χ1v) is 6.27. The lowest BCUT2D eigenvalue weighted by molar-refractivity contribution is 0.184. The van der Waals surface area contributed by atoms with E-state index in [1.165, 1.54) is 0 Å². The second-order valence-electron chi connectivity index (χ2n) is 5.66. The maximum absolute atomic E-state index is 12.4. The van der Waals surface area contributed by atoms with Gasteiger partial charge >= 0.3 is 0 Å². The highest BCUT2D eigenvalue weighted by molar-refractivity contribution is 5.23. The van der Waals surface area contributed by atoms with Gasteiger partial charge in [0, 0.05) is 36.4 Å². The molecule has 0 saturated carbocycles. The number of hydrogen-bond donors (Lipinski definition) is 1. The number of nitrogens with zero attached hydrogens (tertiary/aromatic N) is 1. The molecule has 0 aliphatic carbocycles. The SMILES string of the molecule is COCCn1c(C(C)(C)C)ccc(C(C)N)c1=O. The fourth-order valence-electron chi connectivity index (χ4n) is 2.00. The van der Waals surface area contributed by atoms with Gasteiger partial charge in [-0.1, -0.05) is 26.8 Å². The zero-order chi connectivity index (χ0) is 13.9. The van der Waals surface area contributed by atoms with Gasteiger partial charge in [-0.15, -0.1) is 0 Å². The van der Waals surface area contributed by atoms with E-state index in [2.05, 4.69) is 20.8 Å². The summed E-state index contributed by atoms with van der Waals surface area (Å²) in [6.07, 6.45) is 0. The number of pyridine rings is 1. The van der Waals surface area contributed by atoms with Gasteiger partial charge < -0.3 is 15.0 Å². The van der Waals surface area contributed by atoms with E-state index in [1.54, 1.807) is 11.7 Å². The molecule has 1 unspecified atom stereocenters. The first-order valence-electron chi connectivity index (χ1n) is 6.27. The van der Waals surface area contributed by atoms with Crippen LogP contribution in [0.3, 0.4) is 0 Å². The van der Waals surface area contributed by atoms with E-state index in [-0.39, 0.29) is 17.0 Å². The number of methoxy groups -OCH3 is 1. The molecule has 0 aromatic carbocycles. The molecule has 1 atom stereocenters. The van der Waals surface area contributed by atoms with E-state index in [0.29, 0.717) is 18.7 Å². The van der Waals surface area contributed by atoms with Crippen LogP contribution in [0.15, 0.2) is 16.9 Å². The van der Waals surface area contributed by atoms with Crippen LogP contribution in [-0.2, 0) is 16.7 Å². The molecule has 1 aromatic rings. The Morgan fingerprint density at radius 3 is 2.44 bits per heavy atom. The molecule has 0 fully saturated rings. The first kappa shape index (κ1) is 14.9. The number of ether oxygens (including phenoxy) is 1. The van der Waals surface area contributed by atoms with Gasteiger partial charge in [-0.05, 0) is 13.0 Å². The molecule has 0 radical (unpaired) electrons. The van der Waals surface area contributed by atoms with Crippen molar-refractivity contribution in [2.75, 3.05) is 13.7 Å². The normalized spacial score (nSPS) is 13.7. The molecule has 1 heterocycles. The van der Waals surface area contributed by atoms with Gasteiger partial charge in [0.2, 0.25) is 0 Å². The summed E-state index contributed by atoms with van der Waals surface area (Å²) in [5, 5.41) is 0. The predicted octanol–water partition coefficient (Wildman–Crippen LogP) is 1.81. The van der Waals surface area contributed by atoms with E-state index in [1.807, 2.05) is 19.1 Å².